The Kier molecular flexibility index (Phi) is 4.76. The normalized spacial score (nSPS) is 19.7. The molecule has 0 amide bonds. The van der Waals surface area contributed by atoms with Crippen molar-refractivity contribution in [2.45, 2.75) is 32.1 Å². The molecule has 0 aromatic carbocycles. The Morgan fingerprint density at radius 1 is 1.57 bits per heavy atom. The van der Waals surface area contributed by atoms with Crippen LogP contribution >= 0.6 is 7.82 Å². The molecule has 0 unspecified atom stereocenters. The number of hydrogen-bond donors (Lipinski definition) is 4. The van der Waals surface area contributed by atoms with Gasteiger partial charge in [-0.1, -0.05) is 6.92 Å². The molecule has 10 nitrogen and oxygen atoms in total. The summed E-state index contributed by atoms with van der Waals surface area (Å²) in [6.07, 6.45) is -2.01. The second-order valence-electron chi connectivity index (χ2n) is 4.72. The zero-order valence-electron chi connectivity index (χ0n) is 11.8. The second kappa shape index (κ2) is 6.28. The van der Waals surface area contributed by atoms with Gasteiger partial charge in [0.15, 0.2) is 12.0 Å². The summed E-state index contributed by atoms with van der Waals surface area (Å²) in [5.41, 5.74) is -2.16. The number of aliphatic hydroxyl groups is 1. The maximum Gasteiger partial charge on any atom is 0.470 e. The molecule has 4 N–H and O–H groups in total. The first-order valence-corrected chi connectivity index (χ1v) is 7.99. The summed E-state index contributed by atoms with van der Waals surface area (Å²) in [6, 6.07) is 0. The fraction of sp³-hybridized carbons (Fsp3) is 0.455. The zero-order chi connectivity index (χ0) is 17.4. The van der Waals surface area contributed by atoms with Gasteiger partial charge in [0, 0.05) is 0 Å². The van der Waals surface area contributed by atoms with Gasteiger partial charge in [-0.25, -0.2) is 9.36 Å². The molecular formula is C11H14FN2O8P. The van der Waals surface area contributed by atoms with Gasteiger partial charge in [-0.05, 0) is 6.42 Å². The number of halogens is 1. The van der Waals surface area contributed by atoms with E-state index in [1.165, 1.54) is 6.92 Å². The van der Waals surface area contributed by atoms with Crippen molar-refractivity contribution >= 4 is 7.82 Å². The van der Waals surface area contributed by atoms with Gasteiger partial charge in [0.05, 0.1) is 12.6 Å². The molecule has 12 heteroatoms. The lowest BCUT2D eigenvalue weighted by Gasteiger charge is -2.20. The summed E-state index contributed by atoms with van der Waals surface area (Å²) in [4.78, 5) is 42.1. The number of rotatable bonds is 5. The molecule has 0 saturated carbocycles. The van der Waals surface area contributed by atoms with E-state index in [0.29, 0.717) is 10.8 Å². The molecule has 1 aliphatic rings. The highest BCUT2D eigenvalue weighted by atomic mass is 31.2. The van der Waals surface area contributed by atoms with Crippen molar-refractivity contribution in [2.24, 2.45) is 0 Å². The molecule has 0 bridgehead atoms. The van der Waals surface area contributed by atoms with Crippen LogP contribution in [0.1, 0.15) is 26.0 Å². The van der Waals surface area contributed by atoms with Gasteiger partial charge >= 0.3 is 13.5 Å². The van der Waals surface area contributed by atoms with Gasteiger partial charge in [-0.3, -0.25) is 18.9 Å². The molecule has 0 saturated heterocycles. The summed E-state index contributed by atoms with van der Waals surface area (Å²) < 4.78 is 34.7. The van der Waals surface area contributed by atoms with Crippen LogP contribution in [0.15, 0.2) is 27.3 Å². The number of hydrogen-bond acceptors (Lipinski definition) is 6. The van der Waals surface area contributed by atoms with Gasteiger partial charge in [0.2, 0.25) is 5.82 Å². The molecule has 2 rings (SSSR count). The highest BCUT2D eigenvalue weighted by Crippen LogP contribution is 2.43. The molecule has 0 fully saturated rings. The van der Waals surface area contributed by atoms with Gasteiger partial charge in [0.1, 0.15) is 11.9 Å². The van der Waals surface area contributed by atoms with Crippen LogP contribution in [0.4, 0.5) is 4.39 Å². The number of aromatic nitrogens is 2. The summed E-state index contributed by atoms with van der Waals surface area (Å²) >= 11 is 0. The van der Waals surface area contributed by atoms with Crippen molar-refractivity contribution in [3.05, 3.63) is 44.4 Å². The van der Waals surface area contributed by atoms with Crippen LogP contribution in [0.2, 0.25) is 0 Å². The maximum atomic E-state index is 13.3. The lowest BCUT2D eigenvalue weighted by molar-refractivity contribution is 0.0293. The molecule has 1 aromatic rings. The summed E-state index contributed by atoms with van der Waals surface area (Å²) in [5, 5.41) is 9.87. The van der Waals surface area contributed by atoms with Crippen molar-refractivity contribution in [1.82, 2.24) is 9.55 Å². The molecule has 128 valence electrons. The molecular weight excluding hydrogens is 338 g/mol. The van der Waals surface area contributed by atoms with Crippen LogP contribution in [0.3, 0.4) is 0 Å². The third-order valence-corrected chi connectivity index (χ3v) is 3.61. The second-order valence-corrected chi connectivity index (χ2v) is 5.92. The number of ether oxygens (including phenoxy) is 1. The molecule has 1 aliphatic heterocycles. The van der Waals surface area contributed by atoms with Crippen LogP contribution < -0.4 is 11.2 Å². The maximum absolute atomic E-state index is 13.3. The van der Waals surface area contributed by atoms with Crippen molar-refractivity contribution in [3.8, 4) is 0 Å². The summed E-state index contributed by atoms with van der Waals surface area (Å²) in [7, 11) is -4.83. The smallest absolute Gasteiger partial charge is 0.470 e. The average molecular weight is 352 g/mol. The summed E-state index contributed by atoms with van der Waals surface area (Å²) in [5.74, 6) is -1.88. The van der Waals surface area contributed by atoms with Gasteiger partial charge in [0.25, 0.3) is 5.56 Å². The van der Waals surface area contributed by atoms with Crippen LogP contribution in [-0.4, -0.2) is 30.5 Å². The number of aliphatic hydroxyl groups excluding tert-OH is 1. The van der Waals surface area contributed by atoms with Gasteiger partial charge in [-0.2, -0.15) is 4.39 Å². The van der Waals surface area contributed by atoms with Crippen molar-refractivity contribution in [1.29, 1.82) is 0 Å². The van der Waals surface area contributed by atoms with E-state index < -0.39 is 43.0 Å². The Hall–Kier alpha value is -1.94. The molecule has 1 aromatic heterocycles. The van der Waals surface area contributed by atoms with E-state index in [9.17, 15) is 23.7 Å². The summed E-state index contributed by atoms with van der Waals surface area (Å²) in [6.45, 7) is 1.53. The minimum absolute atomic E-state index is 0.0616. The Balaban J connectivity index is 2.27. The van der Waals surface area contributed by atoms with E-state index in [1.54, 1.807) is 4.98 Å². The minimum Gasteiger partial charge on any atom is -0.508 e. The SMILES string of the molecule is CC[C@@H](OP(=O)(O)O)C1=C(O)C[C@H](n2cc(F)c(=O)[nH]c2=O)O1. The number of phosphoric acid groups is 1. The van der Waals surface area contributed by atoms with Crippen molar-refractivity contribution < 1.29 is 33.1 Å². The Morgan fingerprint density at radius 2 is 2.22 bits per heavy atom. The minimum atomic E-state index is -4.83. The fourth-order valence-corrected chi connectivity index (χ4v) is 2.66. The average Bonchev–Trinajstić information content (AvgIpc) is 2.81. The van der Waals surface area contributed by atoms with E-state index in [-0.39, 0.29) is 18.6 Å². The van der Waals surface area contributed by atoms with Gasteiger partial charge in [-0.15, -0.1) is 0 Å². The molecule has 2 atom stereocenters. The van der Waals surface area contributed by atoms with Crippen LogP contribution in [-0.2, 0) is 13.8 Å². The monoisotopic (exact) mass is 352 g/mol. The zero-order valence-corrected chi connectivity index (χ0v) is 12.7. The topological polar surface area (TPSA) is 151 Å². The lowest BCUT2D eigenvalue weighted by Crippen LogP contribution is -2.34. The third kappa shape index (κ3) is 3.88. The lowest BCUT2D eigenvalue weighted by atomic mass is 10.2. The highest BCUT2D eigenvalue weighted by molar-refractivity contribution is 7.46. The highest BCUT2D eigenvalue weighted by Gasteiger charge is 2.35. The van der Waals surface area contributed by atoms with E-state index in [1.807, 2.05) is 0 Å². The van der Waals surface area contributed by atoms with E-state index in [2.05, 4.69) is 4.52 Å². The number of nitrogens with zero attached hydrogens (tertiary/aromatic N) is 1. The quantitative estimate of drug-likeness (QED) is 0.551. The first-order chi connectivity index (χ1) is 10.6. The number of phosphoric ester groups is 1. The fourth-order valence-electron chi connectivity index (χ4n) is 2.09. The largest absolute Gasteiger partial charge is 0.508 e. The van der Waals surface area contributed by atoms with Crippen LogP contribution in [0, 0.1) is 5.82 Å². The standard InChI is InChI=1S/C11H14FN2O8P/c1-2-7(22-23(18,19)20)9-6(15)3-8(21-9)14-4-5(12)10(16)13-11(14)17/h4,7-8,15H,2-3H2,1H3,(H,13,16,17)(H2,18,19,20)/t7-,8-/m1/s1. The molecule has 0 spiro atoms. The number of nitrogens with one attached hydrogen (secondary N) is 1. The first-order valence-electron chi connectivity index (χ1n) is 6.46. The molecule has 23 heavy (non-hydrogen) atoms. The number of H-pyrrole nitrogens is 1. The van der Waals surface area contributed by atoms with Crippen LogP contribution in [0.25, 0.3) is 0 Å². The molecule has 0 aliphatic carbocycles. The number of aromatic amines is 1. The Bertz CT molecular complexity index is 794. The first kappa shape index (κ1) is 17.4. The predicted octanol–water partition coefficient (Wildman–Crippen LogP) is 0.252. The van der Waals surface area contributed by atoms with E-state index >= 15 is 0 Å². The van der Waals surface area contributed by atoms with E-state index in [0.717, 1.165) is 0 Å². The molecule has 0 radical (unpaired) electrons. The van der Waals surface area contributed by atoms with E-state index in [4.69, 9.17) is 14.5 Å². The van der Waals surface area contributed by atoms with Crippen molar-refractivity contribution in [3.63, 3.8) is 0 Å². The third-order valence-electron chi connectivity index (χ3n) is 3.08. The molecule has 2 heterocycles. The Labute approximate surface area is 128 Å². The van der Waals surface area contributed by atoms with Gasteiger partial charge < -0.3 is 19.6 Å². The Morgan fingerprint density at radius 3 is 2.78 bits per heavy atom. The van der Waals surface area contributed by atoms with Crippen LogP contribution in [0.5, 0.6) is 0 Å². The van der Waals surface area contributed by atoms with Crippen molar-refractivity contribution in [2.75, 3.05) is 0 Å². The predicted molar refractivity (Wildman–Crippen MR) is 72.9 cm³/mol.